The number of allylic oxidation sites excluding steroid dienone is 5. The number of carbonyl (C=O) groups excluding carboxylic acids is 2. The third kappa shape index (κ3) is 8.06. The number of primary amides is 1. The number of rotatable bonds is 9. The fraction of sp³-hybridized carbons (Fsp3) is 0.692. The first-order valence-electron chi connectivity index (χ1n) is 12.4. The first-order chi connectivity index (χ1) is 16.5. The van der Waals surface area contributed by atoms with Crippen LogP contribution in [0.3, 0.4) is 0 Å². The second-order valence-corrected chi connectivity index (χ2v) is 15.3. The third-order valence-electron chi connectivity index (χ3n) is 7.86. The second kappa shape index (κ2) is 14.0. The maximum Gasteiger partial charge on any atom is 0.223 e. The predicted octanol–water partition coefficient (Wildman–Crippen LogP) is 6.67. The van der Waals surface area contributed by atoms with Crippen molar-refractivity contribution in [2.75, 3.05) is 13.7 Å². The number of amides is 1. The molecule has 0 aromatic carbocycles. The van der Waals surface area contributed by atoms with Crippen molar-refractivity contribution in [3.8, 4) is 0 Å². The molecule has 198 valence electrons. The normalized spacial score (nSPS) is 33.3. The van der Waals surface area contributed by atoms with Gasteiger partial charge in [0.25, 0.3) is 0 Å². The highest BCUT2D eigenvalue weighted by atomic mass is 35.5. The van der Waals surface area contributed by atoms with Crippen molar-refractivity contribution in [2.45, 2.75) is 77.3 Å². The Bertz CT molecular complexity index is 831. The topological polar surface area (TPSA) is 84.2 Å². The largest absolute Gasteiger partial charge is 0.369 e. The summed E-state index contributed by atoms with van der Waals surface area (Å²) in [4.78, 5) is 22.7. The Morgan fingerprint density at radius 3 is 2.43 bits per heavy atom. The maximum atomic E-state index is 11.6. The van der Waals surface area contributed by atoms with E-state index >= 15 is 0 Å². The first kappa shape index (κ1) is 30.9. The summed E-state index contributed by atoms with van der Waals surface area (Å²) < 4.78 is 3.31. The summed E-state index contributed by atoms with van der Waals surface area (Å²) in [6.45, 7) is 8.40. The van der Waals surface area contributed by atoms with Gasteiger partial charge in [0.05, 0.1) is 5.54 Å². The summed E-state index contributed by atoms with van der Waals surface area (Å²) in [5, 5.41) is 5.21. The molecule has 9 heteroatoms. The van der Waals surface area contributed by atoms with Gasteiger partial charge >= 0.3 is 0 Å². The van der Waals surface area contributed by atoms with E-state index < -0.39 is 7.12 Å². The SMILES string of the molecule is CNC1C(C)CC2CC1CC(C)(C(N)=O)C2.C\C=C(Cl)/C(=C\C=C\Cl)P(C)SNC1(C=O)CCC1. The van der Waals surface area contributed by atoms with Crippen molar-refractivity contribution >= 4 is 54.1 Å². The van der Waals surface area contributed by atoms with Crippen LogP contribution >= 0.6 is 41.9 Å². The lowest BCUT2D eigenvalue weighted by molar-refractivity contribution is -0.132. The Balaban J connectivity index is 0.000000250. The Hall–Kier alpha value is -0.360. The van der Waals surface area contributed by atoms with Gasteiger partial charge in [0.1, 0.15) is 6.29 Å². The number of fused-ring (bicyclic) bond motifs is 2. The highest BCUT2D eigenvalue weighted by molar-refractivity contribution is 8.55. The van der Waals surface area contributed by atoms with Crippen LogP contribution in [-0.2, 0) is 9.59 Å². The van der Waals surface area contributed by atoms with Crippen molar-refractivity contribution < 1.29 is 9.59 Å². The highest BCUT2D eigenvalue weighted by Gasteiger charge is 2.47. The van der Waals surface area contributed by atoms with Gasteiger partial charge in [-0.05, 0) is 102 Å². The lowest BCUT2D eigenvalue weighted by atomic mass is 9.57. The van der Waals surface area contributed by atoms with E-state index in [1.807, 2.05) is 26.1 Å². The number of aldehydes is 1. The molecule has 3 aliphatic carbocycles. The predicted molar refractivity (Wildman–Crippen MR) is 154 cm³/mol. The summed E-state index contributed by atoms with van der Waals surface area (Å²) in [5.74, 6) is 1.96. The smallest absolute Gasteiger partial charge is 0.223 e. The molecule has 3 aliphatic rings. The van der Waals surface area contributed by atoms with E-state index in [0.29, 0.717) is 17.9 Å². The molecule has 5 nitrogen and oxygen atoms in total. The Morgan fingerprint density at radius 2 is 1.94 bits per heavy atom. The molecule has 0 radical (unpaired) electrons. The molecule has 1 amide bonds. The van der Waals surface area contributed by atoms with Crippen LogP contribution in [0.2, 0.25) is 0 Å². The van der Waals surface area contributed by atoms with Crippen molar-refractivity contribution in [1.82, 2.24) is 10.0 Å². The highest BCUT2D eigenvalue weighted by Crippen LogP contribution is 2.56. The minimum absolute atomic E-state index is 0.105. The molecule has 6 unspecified atom stereocenters. The molecule has 3 saturated carbocycles. The van der Waals surface area contributed by atoms with Gasteiger partial charge in [0.2, 0.25) is 5.91 Å². The van der Waals surface area contributed by atoms with Crippen LogP contribution in [0.5, 0.6) is 0 Å². The van der Waals surface area contributed by atoms with Crippen molar-refractivity contribution in [1.29, 1.82) is 0 Å². The Labute approximate surface area is 227 Å². The van der Waals surface area contributed by atoms with E-state index in [0.717, 1.165) is 54.7 Å². The fourth-order valence-corrected chi connectivity index (χ4v) is 9.62. The molecule has 0 heterocycles. The van der Waals surface area contributed by atoms with E-state index in [9.17, 15) is 9.59 Å². The quantitative estimate of drug-likeness (QED) is 0.127. The molecule has 2 bridgehead atoms. The summed E-state index contributed by atoms with van der Waals surface area (Å²) in [6.07, 6.45) is 14.0. The summed E-state index contributed by atoms with van der Waals surface area (Å²) in [6, 6.07) is 0.565. The van der Waals surface area contributed by atoms with Crippen LogP contribution in [0, 0.1) is 23.2 Å². The first-order valence-corrected chi connectivity index (χ1v) is 16.5. The van der Waals surface area contributed by atoms with E-state index in [1.165, 1.54) is 18.4 Å². The van der Waals surface area contributed by atoms with Crippen molar-refractivity contribution in [3.05, 3.63) is 34.1 Å². The molecule has 6 atom stereocenters. The number of halogens is 2. The molecule has 0 aromatic rings. The average Bonchev–Trinajstić information content (AvgIpc) is 2.78. The molecule has 0 spiro atoms. The standard InChI is InChI=1S/C13H18Cl2NOPS.C13H24N2O/c1-3-11(15)12(6-4-9-14)18(2)19-16-13(10-17)7-5-8-13;1-8-4-9-5-10(11(8)15-3)7-13(2,6-9)12(14)16/h3-4,6,9-10,16H,5,7-8H2,1-2H3;8-11,15H,4-7H2,1-3H3,(H2,14,16)/b9-4+,11-3+,12-6+;. The monoisotopic (exact) mass is 561 g/mol. The van der Waals surface area contributed by atoms with Crippen molar-refractivity contribution in [3.63, 3.8) is 0 Å². The maximum absolute atomic E-state index is 11.6. The second-order valence-electron chi connectivity index (χ2n) is 10.5. The van der Waals surface area contributed by atoms with E-state index in [2.05, 4.69) is 30.6 Å². The summed E-state index contributed by atoms with van der Waals surface area (Å²) in [7, 11) is 1.49. The number of hydrogen-bond acceptors (Lipinski definition) is 5. The van der Waals surface area contributed by atoms with Crippen LogP contribution in [-0.4, -0.2) is 37.5 Å². The molecule has 3 fully saturated rings. The van der Waals surface area contributed by atoms with Crippen molar-refractivity contribution in [2.24, 2.45) is 28.9 Å². The van der Waals surface area contributed by atoms with Gasteiger partial charge < -0.3 is 15.8 Å². The molecule has 0 aromatic heterocycles. The number of nitrogens with one attached hydrogen (secondary N) is 2. The summed E-state index contributed by atoms with van der Waals surface area (Å²) >= 11 is 13.4. The van der Waals surface area contributed by atoms with Gasteiger partial charge in [-0.2, -0.15) is 0 Å². The molecule has 0 saturated heterocycles. The Kier molecular flexibility index (Phi) is 12.3. The molecular weight excluding hydrogens is 520 g/mol. The van der Waals surface area contributed by atoms with Gasteiger partial charge in [0, 0.05) is 27.3 Å². The Morgan fingerprint density at radius 1 is 1.26 bits per heavy atom. The van der Waals surface area contributed by atoms with Crippen LogP contribution in [0.15, 0.2) is 34.1 Å². The molecule has 0 aliphatic heterocycles. The van der Waals surface area contributed by atoms with Gasteiger partial charge in [0.15, 0.2) is 0 Å². The van der Waals surface area contributed by atoms with Gasteiger partial charge in [-0.15, -0.1) is 0 Å². The van der Waals surface area contributed by atoms with Crippen LogP contribution in [0.4, 0.5) is 0 Å². The summed E-state index contributed by atoms with van der Waals surface area (Å²) in [5.41, 5.74) is 6.44. The van der Waals surface area contributed by atoms with E-state index in [1.54, 1.807) is 17.6 Å². The van der Waals surface area contributed by atoms with Gasteiger partial charge in [-0.1, -0.05) is 55.3 Å². The van der Waals surface area contributed by atoms with Crippen LogP contribution in [0.25, 0.3) is 0 Å². The third-order valence-corrected chi connectivity index (χ3v) is 12.1. The minimum atomic E-state index is -0.545. The fourth-order valence-electron chi connectivity index (χ4n) is 5.83. The molecule has 4 N–H and O–H groups in total. The lowest BCUT2D eigenvalue weighted by Gasteiger charge is -2.49. The zero-order chi connectivity index (χ0) is 26.2. The molecular formula is C26H42Cl2N3O2PS. The van der Waals surface area contributed by atoms with Crippen LogP contribution < -0.4 is 15.8 Å². The average molecular weight is 563 g/mol. The number of carbonyl (C=O) groups is 2. The minimum Gasteiger partial charge on any atom is -0.369 e. The zero-order valence-electron chi connectivity index (χ0n) is 21.7. The zero-order valence-corrected chi connectivity index (χ0v) is 24.9. The number of hydrogen-bond donors (Lipinski definition) is 3. The molecule has 3 rings (SSSR count). The van der Waals surface area contributed by atoms with Gasteiger partial charge in [-0.3, -0.25) is 4.79 Å². The van der Waals surface area contributed by atoms with E-state index in [-0.39, 0.29) is 16.9 Å². The van der Waals surface area contributed by atoms with Crippen LogP contribution in [0.1, 0.15) is 65.7 Å². The van der Waals surface area contributed by atoms with Gasteiger partial charge in [-0.25, -0.2) is 4.72 Å². The number of nitrogens with two attached hydrogens (primary N) is 1. The lowest BCUT2D eigenvalue weighted by Crippen LogP contribution is -2.52. The van der Waals surface area contributed by atoms with E-state index in [4.69, 9.17) is 28.9 Å². The molecule has 35 heavy (non-hydrogen) atoms.